The topological polar surface area (TPSA) is 52.0 Å². The lowest BCUT2D eigenvalue weighted by Gasteiger charge is -2.11. The Bertz CT molecular complexity index is 2490. The second kappa shape index (κ2) is 10.4. The quantitative estimate of drug-likeness (QED) is 0.195. The first-order valence-electron chi connectivity index (χ1n) is 15.4. The summed E-state index contributed by atoms with van der Waals surface area (Å²) in [6.07, 6.45) is 0. The van der Waals surface area contributed by atoms with Crippen molar-refractivity contribution in [3.05, 3.63) is 158 Å². The van der Waals surface area contributed by atoms with E-state index in [1.165, 1.54) is 26.9 Å². The first-order chi connectivity index (χ1) is 22.2. The molecule has 2 nitrogen and oxygen atoms in total. The molecule has 0 aliphatic carbocycles. The van der Waals surface area contributed by atoms with Crippen LogP contribution >= 0.6 is 0 Å². The number of hydrogen-bond acceptors (Lipinski definition) is 2. The van der Waals surface area contributed by atoms with Crippen molar-refractivity contribution in [2.75, 3.05) is 11.5 Å². The van der Waals surface area contributed by atoms with Gasteiger partial charge in [-0.25, -0.2) is 0 Å². The molecule has 2 heteroatoms. The molecule has 0 heterocycles. The van der Waals surface area contributed by atoms with Crippen LogP contribution in [0, 0.1) is 0 Å². The Morgan fingerprint density at radius 1 is 0.295 bits per heavy atom. The molecule has 0 spiro atoms. The fourth-order valence-corrected chi connectivity index (χ4v) is 6.83. The average molecular weight is 564 g/mol. The lowest BCUT2D eigenvalue weighted by Crippen LogP contribution is -1.95. The SMILES string of the molecule is [2H]Nc1ccc2c3ccccc3c3ccccc3c3ccccc3c3ccccc3c3ccccc3c3ccccc3c2c1N. The van der Waals surface area contributed by atoms with Crippen LogP contribution < -0.4 is 11.5 Å². The third kappa shape index (κ3) is 4.04. The second-order valence-corrected chi connectivity index (χ2v) is 11.2. The molecule has 0 saturated heterocycles. The van der Waals surface area contributed by atoms with E-state index in [0.29, 0.717) is 11.4 Å². The predicted octanol–water partition coefficient (Wildman–Crippen LogP) is 11.2. The molecule has 4 N–H and O–H groups in total. The van der Waals surface area contributed by atoms with Crippen molar-refractivity contribution in [1.82, 2.24) is 0 Å². The molecular formula is C42H30N2. The Hall–Kier alpha value is -5.86. The predicted molar refractivity (Wildman–Crippen MR) is 193 cm³/mol. The molecule has 8 rings (SSSR count). The van der Waals surface area contributed by atoms with Gasteiger partial charge in [-0.1, -0.05) is 152 Å². The first-order valence-corrected chi connectivity index (χ1v) is 14.9. The number of rotatable bonds is 1. The van der Waals surface area contributed by atoms with Crippen LogP contribution in [-0.2, 0) is 0 Å². The van der Waals surface area contributed by atoms with Crippen LogP contribution in [0.25, 0.3) is 75.4 Å². The third-order valence-corrected chi connectivity index (χ3v) is 8.82. The van der Waals surface area contributed by atoms with Crippen LogP contribution in [-0.4, -0.2) is 0 Å². The number of nitrogen functional groups attached to an aromatic ring is 2. The maximum atomic E-state index is 8.06. The molecule has 208 valence electrons. The highest BCUT2D eigenvalue weighted by Crippen LogP contribution is 2.39. The van der Waals surface area contributed by atoms with E-state index < -0.39 is 0 Å². The van der Waals surface area contributed by atoms with Gasteiger partial charge in [0.15, 0.2) is 1.41 Å². The van der Waals surface area contributed by atoms with Gasteiger partial charge in [0.1, 0.15) is 0 Å². The van der Waals surface area contributed by atoms with Crippen molar-refractivity contribution in [1.29, 1.82) is 0 Å². The maximum Gasteiger partial charge on any atom is 0.156 e. The van der Waals surface area contributed by atoms with E-state index in [9.17, 15) is 0 Å². The van der Waals surface area contributed by atoms with Crippen molar-refractivity contribution >= 4 is 86.8 Å². The van der Waals surface area contributed by atoms with Gasteiger partial charge in [-0.05, 0) is 76.1 Å². The first kappa shape index (κ1) is 24.7. The van der Waals surface area contributed by atoms with Crippen molar-refractivity contribution in [3.63, 3.8) is 0 Å². The molecule has 0 saturated carbocycles. The van der Waals surface area contributed by atoms with Crippen molar-refractivity contribution in [2.24, 2.45) is 0 Å². The summed E-state index contributed by atoms with van der Waals surface area (Å²) in [6, 6.07) is 55.8. The standard InChI is InChI=1S/C42H30N2/c43-40-26-25-39-37-23-10-9-21-35(37)33-19-6-5-17-31(33)29-15-2-1-13-27(29)28-14-3-4-16-30(28)32-18-7-8-20-34(32)36-22-11-12-24-38(36)41(39)42(40)44/h1-26H,43-44H2/i/hD. The molecule has 8 aromatic carbocycles. The largest absolute Gasteiger partial charge is 0.397 e. The highest BCUT2D eigenvalue weighted by molar-refractivity contribution is 6.28. The molecule has 0 fully saturated rings. The number of nitrogens with two attached hydrogens (primary N) is 2. The summed E-state index contributed by atoms with van der Waals surface area (Å²) in [4.78, 5) is 0. The molecular weight excluding hydrogens is 532 g/mol. The van der Waals surface area contributed by atoms with Crippen molar-refractivity contribution in [3.8, 4) is 0 Å². The number of benzene rings is 7. The minimum Gasteiger partial charge on any atom is -0.397 e. The summed E-state index contributed by atoms with van der Waals surface area (Å²) in [5, 5.41) is 15.5. The molecule has 0 radical (unpaired) electrons. The zero-order valence-electron chi connectivity index (χ0n) is 25.1. The molecule has 0 bridgehead atoms. The number of hydrogen-bond donors (Lipinski definition) is 2. The fourth-order valence-electron chi connectivity index (χ4n) is 6.83. The zero-order valence-corrected chi connectivity index (χ0v) is 24.1. The molecule has 0 aliphatic rings. The van der Waals surface area contributed by atoms with Crippen LogP contribution in [0.2, 0.25) is 1.41 Å². The van der Waals surface area contributed by atoms with Crippen LogP contribution in [0.5, 0.6) is 0 Å². The molecule has 0 aliphatic heterocycles. The van der Waals surface area contributed by atoms with E-state index >= 15 is 0 Å². The van der Waals surface area contributed by atoms with Crippen LogP contribution in [0.4, 0.5) is 11.4 Å². The fraction of sp³-hybridized carbons (Fsp3) is 0. The van der Waals surface area contributed by atoms with E-state index in [4.69, 9.17) is 7.15 Å². The zero-order chi connectivity index (χ0) is 30.3. The normalized spacial score (nSPS) is 11.6. The highest BCUT2D eigenvalue weighted by Gasteiger charge is 2.11. The minimum absolute atomic E-state index is 0.549. The Balaban J connectivity index is 1.86. The molecule has 0 atom stereocenters. The van der Waals surface area contributed by atoms with Gasteiger partial charge >= 0.3 is 0 Å². The van der Waals surface area contributed by atoms with Gasteiger partial charge in [-0.3, -0.25) is 0 Å². The van der Waals surface area contributed by atoms with E-state index in [1.54, 1.807) is 0 Å². The summed E-state index contributed by atoms with van der Waals surface area (Å²) in [7, 11) is 0. The molecule has 0 aromatic heterocycles. The molecule has 8 aromatic rings. The monoisotopic (exact) mass is 563 g/mol. The van der Waals surface area contributed by atoms with Crippen LogP contribution in [0.15, 0.2) is 158 Å². The van der Waals surface area contributed by atoms with Crippen molar-refractivity contribution in [2.45, 2.75) is 0 Å². The maximum absolute atomic E-state index is 8.06. The summed E-state index contributed by atoms with van der Waals surface area (Å²) >= 11 is 0. The van der Waals surface area contributed by atoms with Crippen LogP contribution in [0.1, 0.15) is 0 Å². The molecule has 44 heavy (non-hydrogen) atoms. The van der Waals surface area contributed by atoms with Gasteiger partial charge in [-0.15, -0.1) is 0 Å². The minimum atomic E-state index is 0.549. The van der Waals surface area contributed by atoms with E-state index in [1.807, 2.05) is 6.07 Å². The van der Waals surface area contributed by atoms with E-state index in [2.05, 4.69) is 157 Å². The Morgan fingerprint density at radius 2 is 0.523 bits per heavy atom. The Labute approximate surface area is 256 Å². The van der Waals surface area contributed by atoms with Gasteiger partial charge in [0.05, 0.1) is 11.4 Å². The van der Waals surface area contributed by atoms with Crippen molar-refractivity contribution < 1.29 is 1.41 Å². The average Bonchev–Trinajstić information content (AvgIpc) is 3.11. The van der Waals surface area contributed by atoms with E-state index in [-0.39, 0.29) is 0 Å². The lowest BCUT2D eigenvalue weighted by molar-refractivity contribution is 1.74. The highest BCUT2D eigenvalue weighted by atomic mass is 14.7. The third-order valence-electron chi connectivity index (χ3n) is 8.82. The summed E-state index contributed by atoms with van der Waals surface area (Å²) in [5.74, 6) is 0. The Morgan fingerprint density at radius 3 is 0.795 bits per heavy atom. The summed E-state index contributed by atoms with van der Waals surface area (Å²) in [5.41, 5.74) is 10.7. The van der Waals surface area contributed by atoms with Gasteiger partial charge in [0.2, 0.25) is 0 Å². The van der Waals surface area contributed by atoms with Gasteiger partial charge < -0.3 is 11.5 Å². The van der Waals surface area contributed by atoms with Crippen LogP contribution in [0.3, 0.4) is 0 Å². The van der Waals surface area contributed by atoms with Gasteiger partial charge in [0.25, 0.3) is 0 Å². The van der Waals surface area contributed by atoms with E-state index in [0.717, 1.165) is 48.5 Å². The van der Waals surface area contributed by atoms with Gasteiger partial charge in [0, 0.05) is 5.39 Å². The molecule has 0 unspecified atom stereocenters. The lowest BCUT2D eigenvalue weighted by atomic mass is 9.94. The van der Waals surface area contributed by atoms with Gasteiger partial charge in [-0.2, -0.15) is 0 Å². The molecule has 0 amide bonds. The smallest absolute Gasteiger partial charge is 0.156 e. The Kier molecular flexibility index (Phi) is 5.87. The summed E-state index contributed by atoms with van der Waals surface area (Å²) in [6.45, 7) is 0. The summed E-state index contributed by atoms with van der Waals surface area (Å²) < 4.78 is 8.06. The second-order valence-electron chi connectivity index (χ2n) is 11.2. The number of anilines is 2. The number of fused-ring (bicyclic) bond motifs is 14.